The van der Waals surface area contributed by atoms with Crippen molar-refractivity contribution in [1.82, 2.24) is 0 Å². The molecule has 0 spiro atoms. The van der Waals surface area contributed by atoms with Crippen LogP contribution in [0.5, 0.6) is 5.75 Å². The summed E-state index contributed by atoms with van der Waals surface area (Å²) in [4.78, 5) is 11.6. The molecule has 1 aromatic rings. The molecule has 128 valence electrons. The fraction of sp³-hybridized carbons (Fsp3) is 0.611. The summed E-state index contributed by atoms with van der Waals surface area (Å²) in [6.07, 6.45) is 4.71. The first-order valence-electron chi connectivity index (χ1n) is 8.35. The van der Waals surface area contributed by atoms with Gasteiger partial charge in [-0.15, -0.1) is 0 Å². The van der Waals surface area contributed by atoms with Crippen LogP contribution in [0.2, 0.25) is 0 Å². The number of fused-ring (bicyclic) bond motifs is 1. The Morgan fingerprint density at radius 3 is 2.57 bits per heavy atom. The fourth-order valence-electron chi connectivity index (χ4n) is 2.56. The first-order valence-corrected chi connectivity index (χ1v) is 8.35. The third-order valence-corrected chi connectivity index (χ3v) is 3.74. The smallest absolute Gasteiger partial charge is 0.344 e. The second-order valence-electron chi connectivity index (χ2n) is 5.46. The Morgan fingerprint density at radius 1 is 1.00 bits per heavy atom. The molecule has 0 aromatic heterocycles. The van der Waals surface area contributed by atoms with Gasteiger partial charge in [0.25, 0.3) is 0 Å². The summed E-state index contributed by atoms with van der Waals surface area (Å²) >= 11 is 0. The number of carbonyl (C=O) groups is 1. The second kappa shape index (κ2) is 10.2. The number of esters is 1. The highest BCUT2D eigenvalue weighted by Gasteiger charge is 2.11. The fourth-order valence-corrected chi connectivity index (χ4v) is 2.56. The lowest BCUT2D eigenvalue weighted by molar-refractivity contribution is -0.147. The van der Waals surface area contributed by atoms with Crippen LogP contribution in [0.15, 0.2) is 18.2 Å². The van der Waals surface area contributed by atoms with E-state index in [2.05, 4.69) is 6.07 Å². The molecule has 1 aliphatic carbocycles. The summed E-state index contributed by atoms with van der Waals surface area (Å²) in [6, 6.07) is 6.06. The van der Waals surface area contributed by atoms with Crippen LogP contribution < -0.4 is 4.74 Å². The van der Waals surface area contributed by atoms with Crippen molar-refractivity contribution in [3.8, 4) is 5.75 Å². The SMILES string of the molecule is CCOCCOCCOC(=O)COc1ccc2c(c1)CCCC2. The summed E-state index contributed by atoms with van der Waals surface area (Å²) in [6.45, 7) is 4.22. The zero-order chi connectivity index (χ0) is 16.3. The molecule has 0 amide bonds. The van der Waals surface area contributed by atoms with Crippen LogP contribution in [0.3, 0.4) is 0 Å². The normalized spacial score (nSPS) is 13.4. The summed E-state index contributed by atoms with van der Waals surface area (Å²) in [5, 5.41) is 0. The molecule has 0 heterocycles. The van der Waals surface area contributed by atoms with Crippen LogP contribution in [0.25, 0.3) is 0 Å². The van der Waals surface area contributed by atoms with Crippen molar-refractivity contribution in [1.29, 1.82) is 0 Å². The van der Waals surface area contributed by atoms with Crippen molar-refractivity contribution in [2.45, 2.75) is 32.6 Å². The van der Waals surface area contributed by atoms with Gasteiger partial charge >= 0.3 is 5.97 Å². The first-order chi connectivity index (χ1) is 11.3. The molecule has 0 atom stereocenters. The lowest BCUT2D eigenvalue weighted by Crippen LogP contribution is -2.18. The maximum Gasteiger partial charge on any atom is 0.344 e. The van der Waals surface area contributed by atoms with E-state index in [0.717, 1.165) is 18.6 Å². The topological polar surface area (TPSA) is 54.0 Å². The highest BCUT2D eigenvalue weighted by atomic mass is 16.6. The molecule has 0 radical (unpaired) electrons. The Morgan fingerprint density at radius 2 is 1.74 bits per heavy atom. The van der Waals surface area contributed by atoms with Gasteiger partial charge in [-0.3, -0.25) is 0 Å². The molecule has 0 saturated carbocycles. The van der Waals surface area contributed by atoms with E-state index in [1.54, 1.807) is 0 Å². The van der Waals surface area contributed by atoms with Gasteiger partial charge in [-0.05, 0) is 55.9 Å². The lowest BCUT2D eigenvalue weighted by atomic mass is 9.92. The van der Waals surface area contributed by atoms with E-state index in [4.69, 9.17) is 18.9 Å². The minimum absolute atomic E-state index is 0.0717. The van der Waals surface area contributed by atoms with Crippen molar-refractivity contribution in [2.75, 3.05) is 39.6 Å². The van der Waals surface area contributed by atoms with Gasteiger partial charge in [-0.1, -0.05) is 6.07 Å². The Labute approximate surface area is 137 Å². The molecule has 0 N–H and O–H groups in total. The Hall–Kier alpha value is -1.59. The molecule has 5 nitrogen and oxygen atoms in total. The quantitative estimate of drug-likeness (QED) is 0.489. The molecule has 0 bridgehead atoms. The van der Waals surface area contributed by atoms with Crippen molar-refractivity contribution in [2.24, 2.45) is 0 Å². The first kappa shape index (κ1) is 17.8. The molecule has 0 aliphatic heterocycles. The lowest BCUT2D eigenvalue weighted by Gasteiger charge is -2.16. The molecule has 23 heavy (non-hydrogen) atoms. The number of benzene rings is 1. The molecule has 1 aromatic carbocycles. The average molecular weight is 322 g/mol. The number of rotatable bonds is 10. The summed E-state index contributed by atoms with van der Waals surface area (Å²) in [5.41, 5.74) is 2.74. The van der Waals surface area contributed by atoms with E-state index in [9.17, 15) is 4.79 Å². The second-order valence-corrected chi connectivity index (χ2v) is 5.46. The highest BCUT2D eigenvalue weighted by Crippen LogP contribution is 2.25. The molecule has 0 fully saturated rings. The third-order valence-electron chi connectivity index (χ3n) is 3.74. The van der Waals surface area contributed by atoms with Crippen molar-refractivity contribution in [3.05, 3.63) is 29.3 Å². The molecule has 5 heteroatoms. The number of aryl methyl sites for hydroxylation is 2. The van der Waals surface area contributed by atoms with Crippen LogP contribution in [0, 0.1) is 0 Å². The summed E-state index contributed by atoms with van der Waals surface area (Å²) < 4.78 is 21.0. The molecule has 0 saturated heterocycles. The number of hydrogen-bond acceptors (Lipinski definition) is 5. The zero-order valence-electron chi connectivity index (χ0n) is 13.8. The number of hydrogen-bond donors (Lipinski definition) is 0. The van der Waals surface area contributed by atoms with E-state index in [-0.39, 0.29) is 19.2 Å². The Balaban J connectivity index is 1.59. The maximum atomic E-state index is 11.6. The van der Waals surface area contributed by atoms with E-state index in [1.165, 1.54) is 24.0 Å². The Bertz CT molecular complexity index is 486. The van der Waals surface area contributed by atoms with Crippen LogP contribution in [0.4, 0.5) is 0 Å². The molecular formula is C18H26O5. The van der Waals surface area contributed by atoms with E-state index >= 15 is 0 Å². The van der Waals surface area contributed by atoms with Gasteiger partial charge in [0.15, 0.2) is 6.61 Å². The predicted octanol–water partition coefficient (Wildman–Crippen LogP) is 2.54. The van der Waals surface area contributed by atoms with Crippen LogP contribution >= 0.6 is 0 Å². The van der Waals surface area contributed by atoms with E-state index in [0.29, 0.717) is 26.4 Å². The molecule has 2 rings (SSSR count). The zero-order valence-corrected chi connectivity index (χ0v) is 13.8. The Kier molecular flexibility index (Phi) is 7.90. The average Bonchev–Trinajstić information content (AvgIpc) is 2.59. The van der Waals surface area contributed by atoms with Gasteiger partial charge in [-0.2, -0.15) is 0 Å². The standard InChI is InChI=1S/C18H26O5/c1-2-20-9-10-21-11-12-22-18(19)14-23-17-8-7-15-5-3-4-6-16(15)13-17/h7-8,13H,2-6,9-12,14H2,1H3. The number of carbonyl (C=O) groups excluding carboxylic acids is 1. The minimum Gasteiger partial charge on any atom is -0.482 e. The van der Waals surface area contributed by atoms with Gasteiger partial charge in [0.1, 0.15) is 12.4 Å². The van der Waals surface area contributed by atoms with Gasteiger partial charge < -0.3 is 18.9 Å². The molecular weight excluding hydrogens is 296 g/mol. The summed E-state index contributed by atoms with van der Waals surface area (Å²) in [5.74, 6) is 0.353. The molecule has 0 unspecified atom stereocenters. The van der Waals surface area contributed by atoms with Crippen LogP contribution in [-0.4, -0.2) is 45.6 Å². The van der Waals surface area contributed by atoms with Gasteiger partial charge in [-0.25, -0.2) is 4.79 Å². The monoisotopic (exact) mass is 322 g/mol. The largest absolute Gasteiger partial charge is 0.482 e. The molecule has 1 aliphatic rings. The third kappa shape index (κ3) is 6.59. The van der Waals surface area contributed by atoms with Crippen LogP contribution in [0.1, 0.15) is 30.9 Å². The van der Waals surface area contributed by atoms with Gasteiger partial charge in [0, 0.05) is 6.61 Å². The van der Waals surface area contributed by atoms with E-state index in [1.807, 2.05) is 19.1 Å². The highest BCUT2D eigenvalue weighted by molar-refractivity contribution is 5.71. The van der Waals surface area contributed by atoms with E-state index < -0.39 is 0 Å². The van der Waals surface area contributed by atoms with Gasteiger partial charge in [0.05, 0.1) is 19.8 Å². The maximum absolute atomic E-state index is 11.6. The minimum atomic E-state index is -0.379. The van der Waals surface area contributed by atoms with Gasteiger partial charge in [0.2, 0.25) is 0 Å². The van der Waals surface area contributed by atoms with Crippen molar-refractivity contribution in [3.63, 3.8) is 0 Å². The number of ether oxygens (including phenoxy) is 4. The van der Waals surface area contributed by atoms with Crippen molar-refractivity contribution < 1.29 is 23.7 Å². The van der Waals surface area contributed by atoms with Crippen molar-refractivity contribution >= 4 is 5.97 Å². The van der Waals surface area contributed by atoms with Crippen LogP contribution in [-0.2, 0) is 31.8 Å². The summed E-state index contributed by atoms with van der Waals surface area (Å²) in [7, 11) is 0. The predicted molar refractivity (Wildman–Crippen MR) is 86.9 cm³/mol.